The Morgan fingerprint density at radius 3 is 2.50 bits per heavy atom. The van der Waals surface area contributed by atoms with E-state index in [0.29, 0.717) is 0 Å². The number of carbonyl (C=O) groups is 1. The number of aromatic amines is 1. The van der Waals surface area contributed by atoms with Gasteiger partial charge in [0.2, 0.25) is 0 Å². The van der Waals surface area contributed by atoms with Crippen LogP contribution in [0.2, 0.25) is 0 Å². The third kappa shape index (κ3) is 4.69. The maximum absolute atomic E-state index is 11.0. The summed E-state index contributed by atoms with van der Waals surface area (Å²) in [6.45, 7) is 1.92. The quantitative estimate of drug-likeness (QED) is 0.409. The van der Waals surface area contributed by atoms with Gasteiger partial charge in [-0.05, 0) is 46.9 Å². The lowest BCUT2D eigenvalue weighted by Gasteiger charge is -2.21. The van der Waals surface area contributed by atoms with Crippen LogP contribution < -0.4 is 4.74 Å². The van der Waals surface area contributed by atoms with Crippen LogP contribution in [0, 0.1) is 0 Å². The van der Waals surface area contributed by atoms with E-state index in [4.69, 9.17) is 9.84 Å². The minimum Gasteiger partial charge on any atom is -0.485 e. The third-order valence-electron chi connectivity index (χ3n) is 5.31. The van der Waals surface area contributed by atoms with E-state index in [9.17, 15) is 4.79 Å². The molecule has 0 fully saturated rings. The van der Waals surface area contributed by atoms with Crippen molar-refractivity contribution >= 4 is 16.9 Å². The van der Waals surface area contributed by atoms with E-state index in [1.54, 1.807) is 0 Å². The molecule has 0 saturated carbocycles. The zero-order valence-corrected chi connectivity index (χ0v) is 16.8. The van der Waals surface area contributed by atoms with Gasteiger partial charge in [-0.15, -0.1) is 0 Å². The molecule has 5 nitrogen and oxygen atoms in total. The summed E-state index contributed by atoms with van der Waals surface area (Å²) in [6.07, 6.45) is 2.51. The Morgan fingerprint density at radius 1 is 1.03 bits per heavy atom. The maximum atomic E-state index is 11.0. The summed E-state index contributed by atoms with van der Waals surface area (Å²) in [6, 6.07) is 24.2. The van der Waals surface area contributed by atoms with Crippen LogP contribution in [-0.4, -0.2) is 21.3 Å². The highest BCUT2D eigenvalue weighted by atomic mass is 16.5. The van der Waals surface area contributed by atoms with Crippen LogP contribution in [0.15, 0.2) is 79.0 Å². The maximum Gasteiger partial charge on any atom is 0.303 e. The molecule has 0 saturated heterocycles. The van der Waals surface area contributed by atoms with Crippen molar-refractivity contribution in [3.8, 4) is 5.75 Å². The van der Waals surface area contributed by atoms with Gasteiger partial charge in [0.25, 0.3) is 0 Å². The first kappa shape index (κ1) is 19.7. The Bertz CT molecular complexity index is 1120. The summed E-state index contributed by atoms with van der Waals surface area (Å²) >= 11 is 0. The van der Waals surface area contributed by atoms with Crippen molar-refractivity contribution in [1.82, 2.24) is 10.2 Å². The van der Waals surface area contributed by atoms with Crippen molar-refractivity contribution in [2.45, 2.75) is 31.8 Å². The van der Waals surface area contributed by atoms with Gasteiger partial charge in [0.1, 0.15) is 11.9 Å². The van der Waals surface area contributed by atoms with E-state index in [-0.39, 0.29) is 18.4 Å². The van der Waals surface area contributed by atoms with Crippen LogP contribution in [-0.2, 0) is 11.2 Å². The largest absolute Gasteiger partial charge is 0.485 e. The summed E-state index contributed by atoms with van der Waals surface area (Å²) in [5.41, 5.74) is 4.26. The number of nitrogens with one attached hydrogen (secondary N) is 1. The molecule has 0 aliphatic carbocycles. The van der Waals surface area contributed by atoms with Gasteiger partial charge in [0.05, 0.1) is 18.1 Å². The van der Waals surface area contributed by atoms with Crippen LogP contribution in [0.4, 0.5) is 0 Å². The molecule has 4 aromatic rings. The topological polar surface area (TPSA) is 75.2 Å². The number of benzene rings is 3. The molecule has 152 valence electrons. The number of aliphatic carboxylic acids is 1. The molecule has 3 aromatic carbocycles. The summed E-state index contributed by atoms with van der Waals surface area (Å²) in [7, 11) is 0. The standard InChI is InChI=1S/C25H24N2O3/c1-17(13-25(28)29)19-7-10-22(11-8-19)30-24(14-18-5-3-2-4-6-18)20-9-12-23-21(15-20)16-26-27-23/h2-12,15-17,24H,13-14H2,1H3,(H,26,27)(H,28,29). The van der Waals surface area contributed by atoms with Gasteiger partial charge in [0, 0.05) is 11.8 Å². The number of hydrogen-bond donors (Lipinski definition) is 2. The number of aromatic nitrogens is 2. The Labute approximate surface area is 175 Å². The highest BCUT2D eigenvalue weighted by Crippen LogP contribution is 2.29. The molecule has 0 radical (unpaired) electrons. The number of H-pyrrole nitrogens is 1. The van der Waals surface area contributed by atoms with E-state index in [0.717, 1.165) is 34.2 Å². The molecule has 0 bridgehead atoms. The minimum atomic E-state index is -0.791. The average molecular weight is 400 g/mol. The first-order valence-electron chi connectivity index (χ1n) is 10.0. The molecule has 30 heavy (non-hydrogen) atoms. The van der Waals surface area contributed by atoms with Crippen LogP contribution in [0.1, 0.15) is 42.1 Å². The van der Waals surface area contributed by atoms with Gasteiger partial charge >= 0.3 is 5.97 Å². The first-order valence-corrected chi connectivity index (χ1v) is 10.0. The van der Waals surface area contributed by atoms with Gasteiger partial charge in [0.15, 0.2) is 0 Å². The van der Waals surface area contributed by atoms with Crippen molar-refractivity contribution in [3.63, 3.8) is 0 Å². The normalized spacial score (nSPS) is 13.1. The summed E-state index contributed by atoms with van der Waals surface area (Å²) in [4.78, 5) is 11.0. The molecule has 2 unspecified atom stereocenters. The lowest BCUT2D eigenvalue weighted by atomic mass is 9.97. The van der Waals surface area contributed by atoms with Gasteiger partial charge < -0.3 is 9.84 Å². The molecular formula is C25H24N2O3. The second kappa shape index (κ2) is 8.82. The second-order valence-electron chi connectivity index (χ2n) is 7.58. The van der Waals surface area contributed by atoms with Gasteiger partial charge in [-0.2, -0.15) is 5.10 Å². The highest BCUT2D eigenvalue weighted by molar-refractivity contribution is 5.78. The van der Waals surface area contributed by atoms with Crippen molar-refractivity contribution in [1.29, 1.82) is 0 Å². The van der Waals surface area contributed by atoms with E-state index in [1.165, 1.54) is 5.56 Å². The van der Waals surface area contributed by atoms with Gasteiger partial charge in [-0.3, -0.25) is 9.89 Å². The molecule has 5 heteroatoms. The van der Waals surface area contributed by atoms with E-state index in [2.05, 4.69) is 34.5 Å². The zero-order valence-electron chi connectivity index (χ0n) is 16.8. The van der Waals surface area contributed by atoms with Crippen molar-refractivity contribution in [2.24, 2.45) is 0 Å². The second-order valence-corrected chi connectivity index (χ2v) is 7.58. The van der Waals surface area contributed by atoms with E-state index < -0.39 is 5.97 Å². The van der Waals surface area contributed by atoms with E-state index in [1.807, 2.05) is 61.7 Å². The molecule has 0 aliphatic rings. The Hall–Kier alpha value is -3.60. The number of ether oxygens (including phenoxy) is 1. The fraction of sp³-hybridized carbons (Fsp3) is 0.200. The Kier molecular flexibility index (Phi) is 5.80. The molecule has 0 spiro atoms. The van der Waals surface area contributed by atoms with E-state index >= 15 is 0 Å². The summed E-state index contributed by atoms with van der Waals surface area (Å²) < 4.78 is 6.40. The molecule has 2 atom stereocenters. The number of hydrogen-bond acceptors (Lipinski definition) is 3. The average Bonchev–Trinajstić information content (AvgIpc) is 3.22. The van der Waals surface area contributed by atoms with Crippen LogP contribution in [0.3, 0.4) is 0 Å². The molecule has 0 amide bonds. The van der Waals surface area contributed by atoms with Gasteiger partial charge in [-0.25, -0.2) is 0 Å². The minimum absolute atomic E-state index is 0.0415. The molecule has 1 heterocycles. The van der Waals surface area contributed by atoms with Gasteiger partial charge in [-0.1, -0.05) is 55.5 Å². The van der Waals surface area contributed by atoms with Crippen LogP contribution in [0.5, 0.6) is 5.75 Å². The number of rotatable bonds is 8. The predicted octanol–water partition coefficient (Wildman–Crippen LogP) is 5.50. The zero-order chi connectivity index (χ0) is 20.9. The van der Waals surface area contributed by atoms with Crippen molar-refractivity contribution in [3.05, 3.63) is 95.7 Å². The number of fused-ring (bicyclic) bond motifs is 1. The van der Waals surface area contributed by atoms with Crippen molar-refractivity contribution < 1.29 is 14.6 Å². The SMILES string of the molecule is CC(CC(=O)O)c1ccc(OC(Cc2ccccc2)c2ccc3[nH]ncc3c2)cc1. The molecular weight excluding hydrogens is 376 g/mol. The lowest BCUT2D eigenvalue weighted by Crippen LogP contribution is -2.11. The first-order chi connectivity index (χ1) is 14.6. The Morgan fingerprint density at radius 2 is 1.77 bits per heavy atom. The summed E-state index contributed by atoms with van der Waals surface area (Å²) in [5, 5.41) is 17.2. The van der Waals surface area contributed by atoms with Crippen LogP contribution in [0.25, 0.3) is 10.9 Å². The number of nitrogens with zero attached hydrogens (tertiary/aromatic N) is 1. The highest BCUT2D eigenvalue weighted by Gasteiger charge is 2.16. The smallest absolute Gasteiger partial charge is 0.303 e. The fourth-order valence-corrected chi connectivity index (χ4v) is 3.64. The molecule has 4 rings (SSSR count). The third-order valence-corrected chi connectivity index (χ3v) is 5.31. The number of carboxylic acids is 1. The Balaban J connectivity index is 1.58. The lowest BCUT2D eigenvalue weighted by molar-refractivity contribution is -0.137. The monoisotopic (exact) mass is 400 g/mol. The number of carboxylic acid groups (broad SMARTS) is 1. The predicted molar refractivity (Wildman–Crippen MR) is 117 cm³/mol. The fourth-order valence-electron chi connectivity index (χ4n) is 3.64. The molecule has 1 aromatic heterocycles. The molecule has 0 aliphatic heterocycles. The van der Waals surface area contributed by atoms with Crippen molar-refractivity contribution in [2.75, 3.05) is 0 Å². The molecule has 2 N–H and O–H groups in total. The summed E-state index contributed by atoms with van der Waals surface area (Å²) in [5.74, 6) is -0.0740. The van der Waals surface area contributed by atoms with Crippen LogP contribution >= 0.6 is 0 Å².